The van der Waals surface area contributed by atoms with E-state index in [0.29, 0.717) is 0 Å². The van der Waals surface area contributed by atoms with Gasteiger partial charge < -0.3 is 0 Å². The van der Waals surface area contributed by atoms with Crippen LogP contribution in [-0.2, 0) is 0 Å². The second-order valence-corrected chi connectivity index (χ2v) is 4.15. The van der Waals surface area contributed by atoms with Gasteiger partial charge in [-0.25, -0.2) is 0 Å². The maximum absolute atomic E-state index is 5.67. The van der Waals surface area contributed by atoms with Gasteiger partial charge in [-0.1, -0.05) is 69.6 Å². The van der Waals surface area contributed by atoms with E-state index >= 15 is 0 Å². The van der Waals surface area contributed by atoms with Gasteiger partial charge in [0, 0.05) is 29.6 Å². The fraction of sp³-hybridized carbons (Fsp3) is 0. The summed E-state index contributed by atoms with van der Waals surface area (Å²) in [5.41, 5.74) is 0. The van der Waals surface area contributed by atoms with E-state index in [2.05, 4.69) is 0 Å². The van der Waals surface area contributed by atoms with Gasteiger partial charge in [-0.3, -0.25) is 0 Å². The SMILES string of the molecule is Clc1c(Cl)c(Cl)c(Cl)c(Cl)c1Cl.[Na]. The third-order valence-electron chi connectivity index (χ3n) is 1.16. The van der Waals surface area contributed by atoms with Crippen LogP contribution >= 0.6 is 69.6 Å². The van der Waals surface area contributed by atoms with Crippen LogP contribution < -0.4 is 0 Å². The van der Waals surface area contributed by atoms with Crippen LogP contribution in [0, 0.1) is 0 Å². The first-order valence-electron chi connectivity index (χ1n) is 2.63. The molecule has 0 spiro atoms. The van der Waals surface area contributed by atoms with Crippen molar-refractivity contribution in [3.63, 3.8) is 0 Å². The van der Waals surface area contributed by atoms with Crippen molar-refractivity contribution in [3.05, 3.63) is 30.1 Å². The maximum atomic E-state index is 5.67. The Morgan fingerprint density at radius 2 is 0.462 bits per heavy atom. The molecule has 1 aromatic carbocycles. The van der Waals surface area contributed by atoms with Gasteiger partial charge in [0.25, 0.3) is 0 Å². The van der Waals surface area contributed by atoms with Crippen molar-refractivity contribution in [1.29, 1.82) is 0 Å². The number of benzene rings is 1. The second kappa shape index (κ2) is 5.89. The van der Waals surface area contributed by atoms with E-state index in [1.165, 1.54) is 0 Å². The molecule has 0 aliphatic heterocycles. The van der Waals surface area contributed by atoms with Crippen LogP contribution in [0.3, 0.4) is 0 Å². The molecule has 0 saturated carbocycles. The molecule has 1 rings (SSSR count). The molecule has 0 aliphatic carbocycles. The minimum atomic E-state index is 0. The minimum Gasteiger partial charge on any atom is -0.0810 e. The Kier molecular flexibility index (Phi) is 6.77. The maximum Gasteiger partial charge on any atom is 0.0810 e. The van der Waals surface area contributed by atoms with Crippen molar-refractivity contribution in [1.82, 2.24) is 0 Å². The zero-order valence-electron chi connectivity index (χ0n) is 6.27. The van der Waals surface area contributed by atoms with Crippen LogP contribution in [0.2, 0.25) is 30.1 Å². The monoisotopic (exact) mass is 305 g/mol. The largest absolute Gasteiger partial charge is 0.0810 e. The summed E-state index contributed by atoms with van der Waals surface area (Å²) in [5.74, 6) is 0. The topological polar surface area (TPSA) is 0 Å². The molecule has 0 N–H and O–H groups in total. The Hall–Kier alpha value is 1.96. The molecule has 1 radical (unpaired) electrons. The van der Waals surface area contributed by atoms with Crippen molar-refractivity contribution in [3.8, 4) is 0 Å². The van der Waals surface area contributed by atoms with Gasteiger partial charge in [-0.05, 0) is 0 Å². The zero-order chi connectivity index (χ0) is 9.46. The first kappa shape index (κ1) is 15.0. The molecule has 0 atom stereocenters. The first-order valence-corrected chi connectivity index (χ1v) is 4.90. The van der Waals surface area contributed by atoms with Crippen molar-refractivity contribution < 1.29 is 0 Å². The van der Waals surface area contributed by atoms with E-state index in [1.807, 2.05) is 0 Å². The fourth-order valence-electron chi connectivity index (χ4n) is 0.578. The Balaban J connectivity index is 0.00000144. The Morgan fingerprint density at radius 1 is 0.385 bits per heavy atom. The summed E-state index contributed by atoms with van der Waals surface area (Å²) < 4.78 is 0. The van der Waals surface area contributed by atoms with Gasteiger partial charge >= 0.3 is 0 Å². The third-order valence-corrected chi connectivity index (χ3v) is 4.00. The van der Waals surface area contributed by atoms with Gasteiger partial charge in [0.15, 0.2) is 0 Å². The quantitative estimate of drug-likeness (QED) is 0.350. The molecule has 0 aromatic heterocycles. The second-order valence-electron chi connectivity index (χ2n) is 1.88. The van der Waals surface area contributed by atoms with Crippen LogP contribution in [0.25, 0.3) is 0 Å². The minimum absolute atomic E-state index is 0. The zero-order valence-corrected chi connectivity index (χ0v) is 12.8. The van der Waals surface area contributed by atoms with E-state index in [1.54, 1.807) is 0 Å². The molecular formula is C6Cl6Na. The van der Waals surface area contributed by atoms with Crippen LogP contribution in [0.15, 0.2) is 0 Å². The average molecular weight is 308 g/mol. The Morgan fingerprint density at radius 3 is 0.538 bits per heavy atom. The van der Waals surface area contributed by atoms with Gasteiger partial charge in [0.1, 0.15) is 0 Å². The molecule has 67 valence electrons. The average Bonchev–Trinajstić information content (AvgIpc) is 2.08. The van der Waals surface area contributed by atoms with E-state index in [0.717, 1.165) is 0 Å². The van der Waals surface area contributed by atoms with Crippen LogP contribution in [-0.4, -0.2) is 29.6 Å². The number of halogens is 6. The van der Waals surface area contributed by atoms with Gasteiger partial charge in [0.2, 0.25) is 0 Å². The molecule has 1 aromatic rings. The molecule has 0 heterocycles. The fourth-order valence-corrected chi connectivity index (χ4v) is 2.00. The smallest absolute Gasteiger partial charge is 0.0810 e. The van der Waals surface area contributed by atoms with Crippen LogP contribution in [0.5, 0.6) is 0 Å². The number of hydrogen-bond donors (Lipinski definition) is 0. The molecule has 0 fully saturated rings. The molecule has 0 saturated heterocycles. The summed E-state index contributed by atoms with van der Waals surface area (Å²) in [5, 5.41) is 0.654. The summed E-state index contributed by atoms with van der Waals surface area (Å²) in [7, 11) is 0. The molecule has 0 nitrogen and oxygen atoms in total. The van der Waals surface area contributed by atoms with Crippen molar-refractivity contribution >= 4 is 99.2 Å². The molecular weight excluding hydrogens is 308 g/mol. The van der Waals surface area contributed by atoms with E-state index in [9.17, 15) is 0 Å². The predicted octanol–water partition coefficient (Wildman–Crippen LogP) is 5.23. The molecule has 13 heavy (non-hydrogen) atoms. The Bertz CT molecular complexity index is 231. The Labute approximate surface area is 128 Å². The summed E-state index contributed by atoms with van der Waals surface area (Å²) in [4.78, 5) is 0. The normalized spacial score (nSPS) is 9.69. The van der Waals surface area contributed by atoms with Crippen molar-refractivity contribution in [2.75, 3.05) is 0 Å². The van der Waals surface area contributed by atoms with E-state index in [-0.39, 0.29) is 59.7 Å². The van der Waals surface area contributed by atoms with Crippen molar-refractivity contribution in [2.45, 2.75) is 0 Å². The summed E-state index contributed by atoms with van der Waals surface area (Å²) in [6.07, 6.45) is 0. The summed E-state index contributed by atoms with van der Waals surface area (Å²) in [6, 6.07) is 0. The molecule has 0 amide bonds. The van der Waals surface area contributed by atoms with Gasteiger partial charge in [0.05, 0.1) is 30.1 Å². The van der Waals surface area contributed by atoms with Gasteiger partial charge in [-0.15, -0.1) is 0 Å². The van der Waals surface area contributed by atoms with E-state index < -0.39 is 0 Å². The van der Waals surface area contributed by atoms with Crippen LogP contribution in [0.1, 0.15) is 0 Å². The summed E-state index contributed by atoms with van der Waals surface area (Å²) >= 11 is 34.0. The third kappa shape index (κ3) is 2.96. The summed E-state index contributed by atoms with van der Waals surface area (Å²) in [6.45, 7) is 0. The van der Waals surface area contributed by atoms with Crippen LogP contribution in [0.4, 0.5) is 0 Å². The van der Waals surface area contributed by atoms with Gasteiger partial charge in [-0.2, -0.15) is 0 Å². The standard InChI is InChI=1S/C6Cl6.Na/c7-1-2(8)4(10)6(12)5(11)3(1)9;. The van der Waals surface area contributed by atoms with E-state index in [4.69, 9.17) is 69.6 Å². The number of hydrogen-bond acceptors (Lipinski definition) is 0. The first-order chi connectivity index (χ1) is 5.46. The molecule has 0 bridgehead atoms. The molecule has 7 heteroatoms. The molecule has 0 aliphatic rings. The molecule has 0 unspecified atom stereocenters. The predicted molar refractivity (Wildman–Crippen MR) is 62.3 cm³/mol. The number of rotatable bonds is 0. The van der Waals surface area contributed by atoms with Crippen molar-refractivity contribution in [2.24, 2.45) is 0 Å².